The van der Waals surface area contributed by atoms with E-state index in [1.165, 1.54) is 141 Å². The molecule has 1 amide bonds. The maximum Gasteiger partial charge on any atom is 0.220 e. The van der Waals surface area contributed by atoms with Gasteiger partial charge in [0.05, 0.1) is 12.6 Å². The zero-order chi connectivity index (χ0) is 27.1. The number of aliphatic hydroxyl groups excluding tert-OH is 1. The number of unbranched alkanes of at least 4 members (excludes halogenated alkanes) is 23. The minimum absolute atomic E-state index is 0.0210. The van der Waals surface area contributed by atoms with Gasteiger partial charge in [0.2, 0.25) is 5.91 Å². The summed E-state index contributed by atoms with van der Waals surface area (Å²) >= 11 is 0. The molecule has 0 aromatic heterocycles. The standard InChI is InChI=1S/C34H67NO2/c1-3-5-7-9-11-13-15-17-19-20-22-24-26-28-30-33(32-36)35-34(37)31-29-27-25-23-21-18-16-14-12-10-8-6-4-2/h26,28,33,36H,3-25,27,29-32H2,1-2H3,(H,35,37)/b28-26+/t33-/m1/s1. The summed E-state index contributed by atoms with van der Waals surface area (Å²) in [5, 5.41) is 12.6. The van der Waals surface area contributed by atoms with Gasteiger partial charge in [0.15, 0.2) is 0 Å². The van der Waals surface area contributed by atoms with Gasteiger partial charge in [-0.3, -0.25) is 4.79 Å². The molecular weight excluding hydrogens is 454 g/mol. The summed E-state index contributed by atoms with van der Waals surface area (Å²) in [6, 6.07) is -0.136. The fraction of sp³-hybridized carbons (Fsp3) is 0.912. The van der Waals surface area contributed by atoms with Crippen LogP contribution in [0.5, 0.6) is 0 Å². The van der Waals surface area contributed by atoms with Gasteiger partial charge in [-0.15, -0.1) is 0 Å². The zero-order valence-corrected chi connectivity index (χ0v) is 25.4. The lowest BCUT2D eigenvalue weighted by molar-refractivity contribution is -0.122. The predicted octanol–water partition coefficient (Wildman–Crippen LogP) is 10.6. The van der Waals surface area contributed by atoms with Crippen LogP contribution in [0, 0.1) is 0 Å². The van der Waals surface area contributed by atoms with Gasteiger partial charge in [0.1, 0.15) is 0 Å². The fourth-order valence-electron chi connectivity index (χ4n) is 5.09. The molecule has 37 heavy (non-hydrogen) atoms. The van der Waals surface area contributed by atoms with E-state index in [2.05, 4.69) is 31.3 Å². The van der Waals surface area contributed by atoms with Crippen molar-refractivity contribution in [1.29, 1.82) is 0 Å². The summed E-state index contributed by atoms with van der Waals surface area (Å²) in [6.45, 7) is 4.57. The van der Waals surface area contributed by atoms with Crippen molar-refractivity contribution in [3.8, 4) is 0 Å². The highest BCUT2D eigenvalue weighted by Crippen LogP contribution is 2.14. The number of amides is 1. The normalized spacial score (nSPS) is 12.4. The fourth-order valence-corrected chi connectivity index (χ4v) is 5.09. The first-order chi connectivity index (χ1) is 18.2. The van der Waals surface area contributed by atoms with Gasteiger partial charge in [-0.05, 0) is 25.7 Å². The highest BCUT2D eigenvalue weighted by molar-refractivity contribution is 5.76. The molecule has 0 aromatic carbocycles. The Balaban J connectivity index is 3.48. The van der Waals surface area contributed by atoms with E-state index < -0.39 is 0 Å². The first kappa shape index (κ1) is 36.2. The van der Waals surface area contributed by atoms with Crippen LogP contribution in [-0.2, 0) is 4.79 Å². The number of rotatable bonds is 30. The third-order valence-electron chi connectivity index (χ3n) is 7.65. The van der Waals surface area contributed by atoms with Crippen molar-refractivity contribution in [3.05, 3.63) is 12.2 Å². The van der Waals surface area contributed by atoms with Crippen molar-refractivity contribution in [2.75, 3.05) is 6.61 Å². The van der Waals surface area contributed by atoms with Crippen LogP contribution >= 0.6 is 0 Å². The van der Waals surface area contributed by atoms with Crippen molar-refractivity contribution in [1.82, 2.24) is 5.32 Å². The van der Waals surface area contributed by atoms with Crippen LogP contribution in [0.3, 0.4) is 0 Å². The summed E-state index contributed by atoms with van der Waals surface area (Å²) in [7, 11) is 0. The number of carbonyl (C=O) groups is 1. The summed E-state index contributed by atoms with van der Waals surface area (Å²) < 4.78 is 0. The monoisotopic (exact) mass is 522 g/mol. The van der Waals surface area contributed by atoms with Crippen LogP contribution < -0.4 is 5.32 Å². The Morgan fingerprint density at radius 1 is 0.568 bits per heavy atom. The molecule has 0 saturated heterocycles. The lowest BCUT2D eigenvalue weighted by Crippen LogP contribution is -2.36. The van der Waals surface area contributed by atoms with Crippen molar-refractivity contribution < 1.29 is 9.90 Å². The SMILES string of the molecule is CCCCCCCCCCCCC/C=C/C[C@H](CO)NC(=O)CCCCCCCCCCCCCCC. The maximum absolute atomic E-state index is 12.2. The van der Waals surface area contributed by atoms with Gasteiger partial charge in [-0.2, -0.15) is 0 Å². The van der Waals surface area contributed by atoms with E-state index >= 15 is 0 Å². The highest BCUT2D eigenvalue weighted by Gasteiger charge is 2.09. The number of hydrogen-bond donors (Lipinski definition) is 2. The first-order valence-electron chi connectivity index (χ1n) is 16.8. The minimum Gasteiger partial charge on any atom is -0.394 e. The van der Waals surface area contributed by atoms with Gasteiger partial charge in [0, 0.05) is 6.42 Å². The zero-order valence-electron chi connectivity index (χ0n) is 25.4. The van der Waals surface area contributed by atoms with Crippen molar-refractivity contribution in [2.24, 2.45) is 0 Å². The summed E-state index contributed by atoms with van der Waals surface area (Å²) in [5.74, 6) is 0.0980. The van der Waals surface area contributed by atoms with E-state index in [1.807, 2.05) is 0 Å². The molecule has 0 heterocycles. The van der Waals surface area contributed by atoms with Crippen molar-refractivity contribution in [2.45, 2.75) is 193 Å². The Morgan fingerprint density at radius 2 is 0.946 bits per heavy atom. The molecule has 2 N–H and O–H groups in total. The summed E-state index contributed by atoms with van der Waals surface area (Å²) in [5.41, 5.74) is 0. The average Bonchev–Trinajstić information content (AvgIpc) is 2.90. The Labute approximate surface area is 233 Å². The molecule has 0 saturated carbocycles. The van der Waals surface area contributed by atoms with Crippen LogP contribution in [0.25, 0.3) is 0 Å². The van der Waals surface area contributed by atoms with Gasteiger partial charge < -0.3 is 10.4 Å². The average molecular weight is 522 g/mol. The second-order valence-electron chi connectivity index (χ2n) is 11.5. The Kier molecular flexibility index (Phi) is 30.7. The van der Waals surface area contributed by atoms with Gasteiger partial charge in [-0.1, -0.05) is 167 Å². The van der Waals surface area contributed by atoms with E-state index in [0.29, 0.717) is 6.42 Å². The highest BCUT2D eigenvalue weighted by atomic mass is 16.3. The van der Waals surface area contributed by atoms with Crippen LogP contribution in [0.15, 0.2) is 12.2 Å². The molecule has 0 radical (unpaired) electrons. The largest absolute Gasteiger partial charge is 0.394 e. The van der Waals surface area contributed by atoms with E-state index in [9.17, 15) is 9.90 Å². The van der Waals surface area contributed by atoms with Gasteiger partial charge in [-0.25, -0.2) is 0 Å². The number of nitrogens with one attached hydrogen (secondary N) is 1. The molecule has 0 bridgehead atoms. The minimum atomic E-state index is -0.136. The Bertz CT molecular complexity index is 476. The summed E-state index contributed by atoms with van der Waals surface area (Å²) in [6.07, 6.45) is 39.1. The van der Waals surface area contributed by atoms with Crippen LogP contribution in [0.4, 0.5) is 0 Å². The lowest BCUT2D eigenvalue weighted by Gasteiger charge is -2.14. The molecule has 3 heteroatoms. The maximum atomic E-state index is 12.2. The lowest BCUT2D eigenvalue weighted by atomic mass is 10.0. The van der Waals surface area contributed by atoms with E-state index in [-0.39, 0.29) is 18.6 Å². The molecule has 220 valence electrons. The van der Waals surface area contributed by atoms with E-state index in [1.54, 1.807) is 0 Å². The molecule has 0 rings (SSSR count). The van der Waals surface area contributed by atoms with Crippen molar-refractivity contribution in [3.63, 3.8) is 0 Å². The number of hydrogen-bond acceptors (Lipinski definition) is 2. The van der Waals surface area contributed by atoms with Gasteiger partial charge >= 0.3 is 0 Å². The molecule has 1 atom stereocenters. The Morgan fingerprint density at radius 3 is 1.35 bits per heavy atom. The van der Waals surface area contributed by atoms with Gasteiger partial charge in [0.25, 0.3) is 0 Å². The second kappa shape index (κ2) is 31.4. The molecule has 0 fully saturated rings. The van der Waals surface area contributed by atoms with Crippen LogP contribution in [0.2, 0.25) is 0 Å². The number of allylic oxidation sites excluding steroid dienone is 1. The molecule has 0 spiro atoms. The Hall–Kier alpha value is -0.830. The predicted molar refractivity (Wildman–Crippen MR) is 164 cm³/mol. The van der Waals surface area contributed by atoms with E-state index in [4.69, 9.17) is 0 Å². The molecule has 0 aliphatic carbocycles. The third kappa shape index (κ3) is 29.6. The topological polar surface area (TPSA) is 49.3 Å². The van der Waals surface area contributed by atoms with Crippen molar-refractivity contribution >= 4 is 5.91 Å². The molecule has 0 unspecified atom stereocenters. The third-order valence-corrected chi connectivity index (χ3v) is 7.65. The van der Waals surface area contributed by atoms with Crippen LogP contribution in [-0.4, -0.2) is 23.7 Å². The molecule has 0 aromatic rings. The molecule has 3 nitrogen and oxygen atoms in total. The smallest absolute Gasteiger partial charge is 0.220 e. The number of aliphatic hydroxyl groups is 1. The summed E-state index contributed by atoms with van der Waals surface area (Å²) in [4.78, 5) is 12.2. The molecule has 0 aliphatic rings. The quantitative estimate of drug-likeness (QED) is 0.0729. The second-order valence-corrected chi connectivity index (χ2v) is 11.5. The molecular formula is C34H67NO2. The number of carbonyl (C=O) groups excluding carboxylic acids is 1. The van der Waals surface area contributed by atoms with E-state index in [0.717, 1.165) is 25.7 Å². The molecule has 0 aliphatic heterocycles. The van der Waals surface area contributed by atoms with Crippen LogP contribution in [0.1, 0.15) is 187 Å². The first-order valence-corrected chi connectivity index (χ1v) is 16.8.